The molecule has 0 aromatic heterocycles. The molecule has 21 heavy (non-hydrogen) atoms. The molecule has 1 amide bonds. The van der Waals surface area contributed by atoms with Gasteiger partial charge in [-0.1, -0.05) is 12.1 Å². The average molecular weight is 282 g/mol. The van der Waals surface area contributed by atoms with Crippen LogP contribution in [0.4, 0.5) is 11.4 Å². The van der Waals surface area contributed by atoms with Gasteiger partial charge in [0.05, 0.1) is 6.61 Å². The lowest BCUT2D eigenvalue weighted by Gasteiger charge is -2.17. The molecule has 4 heteroatoms. The highest BCUT2D eigenvalue weighted by atomic mass is 16.5. The molecule has 1 heterocycles. The lowest BCUT2D eigenvalue weighted by atomic mass is 10.0. The summed E-state index contributed by atoms with van der Waals surface area (Å²) < 4.78 is 5.79. The first-order chi connectivity index (χ1) is 10.2. The minimum absolute atomic E-state index is 0.0829. The predicted molar refractivity (Wildman–Crippen MR) is 83.4 cm³/mol. The molecule has 0 spiro atoms. The zero-order valence-electron chi connectivity index (χ0n) is 11.8. The molecule has 0 bridgehead atoms. The van der Waals surface area contributed by atoms with Crippen LogP contribution in [0.5, 0.6) is 5.75 Å². The van der Waals surface area contributed by atoms with E-state index in [9.17, 15) is 4.79 Å². The van der Waals surface area contributed by atoms with Crippen molar-refractivity contribution < 1.29 is 9.53 Å². The number of anilines is 2. The third-order valence-electron chi connectivity index (χ3n) is 3.61. The van der Waals surface area contributed by atoms with Crippen LogP contribution < -0.4 is 15.8 Å². The molecule has 0 atom stereocenters. The number of aryl methyl sites for hydroxylation is 1. The van der Waals surface area contributed by atoms with Crippen LogP contribution >= 0.6 is 0 Å². The van der Waals surface area contributed by atoms with Gasteiger partial charge in [-0.2, -0.15) is 0 Å². The van der Waals surface area contributed by atoms with Crippen molar-refractivity contribution in [2.45, 2.75) is 19.3 Å². The van der Waals surface area contributed by atoms with Gasteiger partial charge in [-0.15, -0.1) is 0 Å². The summed E-state index contributed by atoms with van der Waals surface area (Å²) in [4.78, 5) is 11.3. The monoisotopic (exact) mass is 282 g/mol. The van der Waals surface area contributed by atoms with Crippen LogP contribution in [-0.4, -0.2) is 12.5 Å². The molecular weight excluding hydrogens is 264 g/mol. The largest absolute Gasteiger partial charge is 0.493 e. The number of carbonyl (C=O) groups is 1. The van der Waals surface area contributed by atoms with E-state index in [2.05, 4.69) is 5.32 Å². The fraction of sp³-hybridized carbons (Fsp3) is 0.235. The van der Waals surface area contributed by atoms with Crippen molar-refractivity contribution >= 4 is 17.3 Å². The fourth-order valence-electron chi connectivity index (χ4n) is 2.42. The number of nitrogens with one attached hydrogen (secondary N) is 1. The van der Waals surface area contributed by atoms with Gasteiger partial charge in [0.25, 0.3) is 0 Å². The Bertz CT molecular complexity index is 650. The van der Waals surface area contributed by atoms with E-state index in [1.54, 1.807) is 0 Å². The zero-order chi connectivity index (χ0) is 14.7. The van der Waals surface area contributed by atoms with Crippen molar-refractivity contribution in [1.29, 1.82) is 0 Å². The van der Waals surface area contributed by atoms with Gasteiger partial charge in [-0.05, 0) is 47.9 Å². The highest BCUT2D eigenvalue weighted by Gasteiger charge is 2.14. The van der Waals surface area contributed by atoms with E-state index in [4.69, 9.17) is 10.5 Å². The van der Waals surface area contributed by atoms with Crippen LogP contribution in [0.25, 0.3) is 0 Å². The van der Waals surface area contributed by atoms with Crippen LogP contribution in [0, 0.1) is 0 Å². The van der Waals surface area contributed by atoms with Gasteiger partial charge < -0.3 is 15.8 Å². The molecular formula is C17H18N2O2. The Morgan fingerprint density at radius 3 is 2.71 bits per heavy atom. The maximum Gasteiger partial charge on any atom is 0.224 e. The van der Waals surface area contributed by atoms with Crippen LogP contribution in [-0.2, 0) is 17.6 Å². The lowest BCUT2D eigenvalue weighted by Crippen LogP contribution is -2.18. The standard InChI is InChI=1S/C17H18N2O2/c18-14-4-1-12(2-5-14)9-10-21-15-6-7-16-13(11-15)3-8-17(20)19-16/h1-2,4-7,11H,3,8-10,18H2,(H,19,20). The number of rotatable bonds is 4. The van der Waals surface area contributed by atoms with E-state index in [1.165, 1.54) is 5.56 Å². The van der Waals surface area contributed by atoms with E-state index in [-0.39, 0.29) is 5.91 Å². The molecule has 0 saturated heterocycles. The molecule has 2 aromatic carbocycles. The number of hydrogen-bond acceptors (Lipinski definition) is 3. The summed E-state index contributed by atoms with van der Waals surface area (Å²) >= 11 is 0. The number of hydrogen-bond donors (Lipinski definition) is 2. The van der Waals surface area contributed by atoms with E-state index in [0.29, 0.717) is 13.0 Å². The van der Waals surface area contributed by atoms with Crippen molar-refractivity contribution in [1.82, 2.24) is 0 Å². The summed E-state index contributed by atoms with van der Waals surface area (Å²) in [5.41, 5.74) is 9.68. The molecule has 0 fully saturated rings. The van der Waals surface area contributed by atoms with Crippen molar-refractivity contribution in [3.63, 3.8) is 0 Å². The minimum atomic E-state index is 0.0829. The second-order valence-corrected chi connectivity index (χ2v) is 5.21. The van der Waals surface area contributed by atoms with Gasteiger partial charge in [0.2, 0.25) is 5.91 Å². The second-order valence-electron chi connectivity index (χ2n) is 5.21. The first kappa shape index (κ1) is 13.5. The van der Waals surface area contributed by atoms with Gasteiger partial charge in [0.15, 0.2) is 0 Å². The molecule has 1 aliphatic heterocycles. The van der Waals surface area contributed by atoms with E-state index in [1.807, 2.05) is 42.5 Å². The van der Waals surface area contributed by atoms with Crippen molar-refractivity contribution in [2.24, 2.45) is 0 Å². The van der Waals surface area contributed by atoms with Crippen molar-refractivity contribution in [2.75, 3.05) is 17.7 Å². The predicted octanol–water partition coefficient (Wildman–Crippen LogP) is 2.78. The molecule has 108 valence electrons. The van der Waals surface area contributed by atoms with E-state index in [0.717, 1.165) is 35.5 Å². The van der Waals surface area contributed by atoms with Gasteiger partial charge in [0, 0.05) is 24.2 Å². The third-order valence-corrected chi connectivity index (χ3v) is 3.61. The maximum absolute atomic E-state index is 11.3. The Labute approximate surface area is 123 Å². The number of nitrogens with two attached hydrogens (primary N) is 1. The molecule has 4 nitrogen and oxygen atoms in total. The molecule has 0 unspecified atom stereocenters. The quantitative estimate of drug-likeness (QED) is 0.847. The summed E-state index contributed by atoms with van der Waals surface area (Å²) in [5.74, 6) is 0.930. The summed E-state index contributed by atoms with van der Waals surface area (Å²) in [7, 11) is 0. The van der Waals surface area contributed by atoms with Crippen LogP contribution in [0.2, 0.25) is 0 Å². The first-order valence-corrected chi connectivity index (χ1v) is 7.11. The van der Waals surface area contributed by atoms with Crippen LogP contribution in [0.3, 0.4) is 0 Å². The number of ether oxygens (including phenoxy) is 1. The first-order valence-electron chi connectivity index (χ1n) is 7.11. The number of nitrogen functional groups attached to an aromatic ring is 1. The molecule has 0 aliphatic carbocycles. The Kier molecular flexibility index (Phi) is 3.77. The van der Waals surface area contributed by atoms with Crippen molar-refractivity contribution in [3.8, 4) is 5.75 Å². The topological polar surface area (TPSA) is 64.3 Å². The molecule has 0 saturated carbocycles. The normalized spacial score (nSPS) is 13.4. The Balaban J connectivity index is 1.58. The smallest absolute Gasteiger partial charge is 0.224 e. The zero-order valence-corrected chi connectivity index (χ0v) is 11.8. The lowest BCUT2D eigenvalue weighted by molar-refractivity contribution is -0.116. The second kappa shape index (κ2) is 5.87. The number of carbonyl (C=O) groups excluding carboxylic acids is 1. The van der Waals surface area contributed by atoms with Crippen LogP contribution in [0.1, 0.15) is 17.5 Å². The molecule has 3 N–H and O–H groups in total. The summed E-state index contributed by atoms with van der Waals surface area (Å²) in [6.45, 7) is 0.620. The molecule has 0 radical (unpaired) electrons. The molecule has 3 rings (SSSR count). The highest BCUT2D eigenvalue weighted by Crippen LogP contribution is 2.26. The Morgan fingerprint density at radius 2 is 1.90 bits per heavy atom. The summed E-state index contributed by atoms with van der Waals surface area (Å²) in [6, 6.07) is 13.6. The minimum Gasteiger partial charge on any atom is -0.493 e. The summed E-state index contributed by atoms with van der Waals surface area (Å²) in [6.07, 6.45) is 2.16. The number of benzene rings is 2. The third kappa shape index (κ3) is 3.34. The Hall–Kier alpha value is -2.49. The van der Waals surface area contributed by atoms with Crippen LogP contribution in [0.15, 0.2) is 42.5 Å². The van der Waals surface area contributed by atoms with Gasteiger partial charge in [0.1, 0.15) is 5.75 Å². The SMILES string of the molecule is Nc1ccc(CCOc2ccc3c(c2)CCC(=O)N3)cc1. The summed E-state index contributed by atoms with van der Waals surface area (Å²) in [5, 5.41) is 2.87. The number of amides is 1. The van der Waals surface area contributed by atoms with E-state index < -0.39 is 0 Å². The Morgan fingerprint density at radius 1 is 1.10 bits per heavy atom. The van der Waals surface area contributed by atoms with Crippen molar-refractivity contribution in [3.05, 3.63) is 53.6 Å². The highest BCUT2D eigenvalue weighted by molar-refractivity contribution is 5.93. The van der Waals surface area contributed by atoms with Gasteiger partial charge in [-0.25, -0.2) is 0 Å². The van der Waals surface area contributed by atoms with Gasteiger partial charge in [-0.3, -0.25) is 4.79 Å². The maximum atomic E-state index is 11.3. The molecule has 2 aromatic rings. The number of fused-ring (bicyclic) bond motifs is 1. The van der Waals surface area contributed by atoms with E-state index >= 15 is 0 Å². The van der Waals surface area contributed by atoms with Gasteiger partial charge >= 0.3 is 0 Å². The fourth-order valence-corrected chi connectivity index (χ4v) is 2.42. The average Bonchev–Trinajstić information content (AvgIpc) is 2.49. The molecule has 1 aliphatic rings.